The van der Waals surface area contributed by atoms with E-state index < -0.39 is 17.5 Å². The van der Waals surface area contributed by atoms with Crippen molar-refractivity contribution in [3.05, 3.63) is 52.4 Å². The molecule has 2 aliphatic rings. The summed E-state index contributed by atoms with van der Waals surface area (Å²) in [6.07, 6.45) is 2.36. The minimum Gasteiger partial charge on any atom is -0.444 e. The van der Waals surface area contributed by atoms with Crippen molar-refractivity contribution in [1.29, 1.82) is 5.26 Å². The van der Waals surface area contributed by atoms with Gasteiger partial charge in [-0.2, -0.15) is 5.26 Å². The van der Waals surface area contributed by atoms with Crippen molar-refractivity contribution in [2.45, 2.75) is 63.8 Å². The van der Waals surface area contributed by atoms with Crippen LogP contribution in [-0.2, 0) is 4.74 Å². The number of likely N-dealkylation sites (N-methyl/N-ethyl adjacent to an activating group) is 1. The summed E-state index contributed by atoms with van der Waals surface area (Å²) in [7, 11) is 4.10. The van der Waals surface area contributed by atoms with Gasteiger partial charge in [-0.15, -0.1) is 5.10 Å². The van der Waals surface area contributed by atoms with E-state index in [1.807, 2.05) is 31.5 Å². The maximum Gasteiger partial charge on any atom is 0.410 e. The third-order valence-corrected chi connectivity index (χ3v) is 10.1. The molecule has 0 saturated carbocycles. The van der Waals surface area contributed by atoms with Crippen LogP contribution >= 0.6 is 23.2 Å². The van der Waals surface area contributed by atoms with E-state index in [0.29, 0.717) is 79.7 Å². The molecule has 14 heteroatoms. The van der Waals surface area contributed by atoms with Gasteiger partial charge in [-0.1, -0.05) is 28.4 Å². The number of pyridine rings is 2. The van der Waals surface area contributed by atoms with Gasteiger partial charge in [-0.25, -0.2) is 18.9 Å². The van der Waals surface area contributed by atoms with Gasteiger partial charge in [0.1, 0.15) is 16.9 Å². The molecule has 0 aliphatic carbocycles. The number of carbonyl (C=O) groups excluding carboxylic acids is 1. The number of halogens is 3. The van der Waals surface area contributed by atoms with Gasteiger partial charge < -0.3 is 19.4 Å². The second-order valence-corrected chi connectivity index (χ2v) is 14.8. The molecule has 2 fully saturated rings. The quantitative estimate of drug-likeness (QED) is 0.187. The Hall–Kier alpha value is -4.31. The summed E-state index contributed by atoms with van der Waals surface area (Å²) < 4.78 is 22.3. The first-order chi connectivity index (χ1) is 23.4. The third kappa shape index (κ3) is 5.87. The van der Waals surface area contributed by atoms with Crippen LogP contribution in [-0.4, -0.2) is 92.3 Å². The molecule has 2 aliphatic heterocycles. The summed E-state index contributed by atoms with van der Waals surface area (Å²) in [4.78, 5) is 28.7. The zero-order valence-electron chi connectivity index (χ0n) is 27.9. The first-order valence-corrected chi connectivity index (χ1v) is 17.0. The maximum absolute atomic E-state index is 14.8. The summed E-state index contributed by atoms with van der Waals surface area (Å²) in [6.45, 7) is 7.35. The molecule has 1 amide bonds. The van der Waals surface area contributed by atoms with E-state index in [0.717, 1.165) is 18.6 Å². The fourth-order valence-electron chi connectivity index (χ4n) is 6.88. The van der Waals surface area contributed by atoms with Gasteiger partial charge in [0, 0.05) is 53.8 Å². The van der Waals surface area contributed by atoms with Crippen molar-refractivity contribution in [2.75, 3.05) is 38.6 Å². The van der Waals surface area contributed by atoms with E-state index in [-0.39, 0.29) is 18.5 Å². The number of amides is 1. The molecule has 0 spiro atoms. The number of benzene rings is 2. The topological polar surface area (TPSA) is 116 Å². The standard InChI is InChI=1S/C35H36Cl2FN9O2/c1-35(2,3)49-34(48)46-14-11-20(15-19(46)10-12-39)47-32-24-16-25(36)27(23-8-9-26(38)22-7-6-13-40-29(22)23)28(37)30(24)41-33(31(32)42-43-47)45-17-21(18-45)44(4)5/h6-9,13,16,19-21H,10-11,14-15,17-18H2,1-5H3/t19-,20+/m1/s1. The van der Waals surface area contributed by atoms with Crippen LogP contribution in [0.3, 0.4) is 0 Å². The van der Waals surface area contributed by atoms with Crippen LogP contribution < -0.4 is 4.90 Å². The van der Waals surface area contributed by atoms with Crippen LogP contribution in [0.2, 0.25) is 10.0 Å². The normalized spacial score (nSPS) is 18.8. The first kappa shape index (κ1) is 33.2. The molecule has 0 radical (unpaired) electrons. The third-order valence-electron chi connectivity index (χ3n) is 9.44. The fraction of sp³-hybridized carbons (Fsp3) is 0.429. The molecule has 254 valence electrons. The molecule has 0 N–H and O–H groups in total. The highest BCUT2D eigenvalue weighted by Gasteiger charge is 2.38. The predicted octanol–water partition coefficient (Wildman–Crippen LogP) is 7.25. The van der Waals surface area contributed by atoms with Crippen LogP contribution in [0.1, 0.15) is 46.1 Å². The van der Waals surface area contributed by atoms with Crippen LogP contribution in [0.15, 0.2) is 36.5 Å². The largest absolute Gasteiger partial charge is 0.444 e. The summed E-state index contributed by atoms with van der Waals surface area (Å²) >= 11 is 14.3. The number of aromatic nitrogens is 5. The summed E-state index contributed by atoms with van der Waals surface area (Å²) in [5.41, 5.74) is 2.72. The number of nitrogens with zero attached hydrogens (tertiary/aromatic N) is 9. The summed E-state index contributed by atoms with van der Waals surface area (Å²) in [5.74, 6) is 0.265. The number of carbonyl (C=O) groups is 1. The fourth-order valence-corrected chi connectivity index (χ4v) is 7.58. The van der Waals surface area contributed by atoms with Crippen LogP contribution in [0.25, 0.3) is 44.0 Å². The number of piperidine rings is 1. The number of ether oxygens (including phenoxy) is 1. The van der Waals surface area contributed by atoms with Gasteiger partial charge in [0.15, 0.2) is 11.3 Å². The Labute approximate surface area is 293 Å². The Morgan fingerprint density at radius 1 is 1.14 bits per heavy atom. The van der Waals surface area contributed by atoms with Crippen molar-refractivity contribution in [3.63, 3.8) is 0 Å². The van der Waals surface area contributed by atoms with Crippen molar-refractivity contribution >= 4 is 68.0 Å². The van der Waals surface area contributed by atoms with Crippen molar-refractivity contribution < 1.29 is 13.9 Å². The number of nitriles is 1. The zero-order valence-corrected chi connectivity index (χ0v) is 29.4. The highest BCUT2D eigenvalue weighted by atomic mass is 35.5. The van der Waals surface area contributed by atoms with E-state index in [2.05, 4.69) is 45.3 Å². The Balaban J connectivity index is 1.38. The highest BCUT2D eigenvalue weighted by Crippen LogP contribution is 2.46. The summed E-state index contributed by atoms with van der Waals surface area (Å²) in [6, 6.07) is 10.2. The van der Waals surface area contributed by atoms with Gasteiger partial charge in [-0.3, -0.25) is 4.98 Å². The minimum atomic E-state index is -0.661. The molecule has 2 atom stereocenters. The second kappa shape index (κ2) is 12.5. The van der Waals surface area contributed by atoms with Crippen molar-refractivity contribution in [1.82, 2.24) is 34.8 Å². The van der Waals surface area contributed by atoms with E-state index >= 15 is 0 Å². The molecule has 2 saturated heterocycles. The zero-order chi connectivity index (χ0) is 34.8. The number of anilines is 1. The molecule has 0 unspecified atom stereocenters. The molecular weight excluding hydrogens is 668 g/mol. The van der Waals surface area contributed by atoms with E-state index in [9.17, 15) is 14.4 Å². The lowest BCUT2D eigenvalue weighted by atomic mass is 9.95. The molecule has 11 nitrogen and oxygen atoms in total. The van der Waals surface area contributed by atoms with Crippen LogP contribution in [0, 0.1) is 17.1 Å². The van der Waals surface area contributed by atoms with Gasteiger partial charge >= 0.3 is 6.09 Å². The molecule has 5 heterocycles. The van der Waals surface area contributed by atoms with Crippen LogP contribution in [0.5, 0.6) is 0 Å². The van der Waals surface area contributed by atoms with E-state index in [1.54, 1.807) is 29.3 Å². The number of likely N-dealkylation sites (tertiary alicyclic amines) is 1. The maximum atomic E-state index is 14.8. The lowest BCUT2D eigenvalue weighted by Crippen LogP contribution is -2.57. The smallest absolute Gasteiger partial charge is 0.410 e. The minimum absolute atomic E-state index is 0.149. The lowest BCUT2D eigenvalue weighted by Gasteiger charge is -2.43. The Morgan fingerprint density at radius 2 is 1.92 bits per heavy atom. The second-order valence-electron chi connectivity index (χ2n) is 14.0. The molecule has 0 bridgehead atoms. The van der Waals surface area contributed by atoms with Gasteiger partial charge in [0.05, 0.1) is 45.7 Å². The predicted molar refractivity (Wildman–Crippen MR) is 188 cm³/mol. The molecular formula is C35H36Cl2FN9O2. The van der Waals surface area contributed by atoms with Crippen molar-refractivity contribution in [2.24, 2.45) is 0 Å². The van der Waals surface area contributed by atoms with Crippen molar-refractivity contribution in [3.8, 4) is 17.2 Å². The van der Waals surface area contributed by atoms with Crippen LogP contribution in [0.4, 0.5) is 15.0 Å². The molecule has 5 aromatic rings. The first-order valence-electron chi connectivity index (χ1n) is 16.2. The number of hydrogen-bond acceptors (Lipinski definition) is 9. The molecule has 2 aromatic carbocycles. The monoisotopic (exact) mass is 703 g/mol. The van der Waals surface area contributed by atoms with Gasteiger partial charge in [0.25, 0.3) is 0 Å². The molecule has 49 heavy (non-hydrogen) atoms. The molecule has 7 rings (SSSR count). The summed E-state index contributed by atoms with van der Waals surface area (Å²) in [5, 5.41) is 20.7. The van der Waals surface area contributed by atoms with Gasteiger partial charge in [-0.05, 0) is 78.0 Å². The average Bonchev–Trinajstić information content (AvgIpc) is 3.47. The Bertz CT molecular complexity index is 2150. The lowest BCUT2D eigenvalue weighted by molar-refractivity contribution is 0.00557. The van der Waals surface area contributed by atoms with E-state index in [1.165, 1.54) is 6.07 Å². The average molecular weight is 705 g/mol. The van der Waals surface area contributed by atoms with E-state index in [4.69, 9.17) is 32.9 Å². The Morgan fingerprint density at radius 3 is 2.63 bits per heavy atom. The number of fused-ring (bicyclic) bond motifs is 4. The highest BCUT2D eigenvalue weighted by molar-refractivity contribution is 6.44. The molecule has 3 aromatic heterocycles. The SMILES string of the molecule is CN(C)C1CN(c2nc3c(Cl)c(-c4ccc(F)c5cccnc45)c(Cl)cc3c3c2nnn3[C@H]2CCN(C(=O)OC(C)(C)C)[C@H](CC#N)C2)C1. The Kier molecular flexibility index (Phi) is 8.49. The number of rotatable bonds is 5. The van der Waals surface area contributed by atoms with Gasteiger partial charge in [0.2, 0.25) is 0 Å². The number of hydrogen-bond donors (Lipinski definition) is 0.